The number of para-hydroxylation sites is 8. The van der Waals surface area contributed by atoms with Gasteiger partial charge in [-0.15, -0.1) is 0 Å². The van der Waals surface area contributed by atoms with Crippen LogP contribution in [-0.4, -0.2) is 28.2 Å². The second kappa shape index (κ2) is 16.6. The van der Waals surface area contributed by atoms with E-state index in [0.717, 1.165) is 95.0 Å². The third kappa shape index (κ3) is 6.41. The van der Waals surface area contributed by atoms with Gasteiger partial charge in [0.2, 0.25) is 0 Å². The number of rotatable bonds is 7. The summed E-state index contributed by atoms with van der Waals surface area (Å²) in [5, 5.41) is 9.67. The molecule has 6 heteroatoms. The molecule has 5 heterocycles. The van der Waals surface area contributed by atoms with Crippen molar-refractivity contribution in [3.63, 3.8) is 0 Å². The van der Waals surface area contributed by atoms with Gasteiger partial charge in [-0.2, -0.15) is 0 Å². The minimum atomic E-state index is 0.648. The molecule has 0 aliphatic carbocycles. The molecule has 0 saturated carbocycles. The van der Waals surface area contributed by atoms with Crippen LogP contribution in [0.4, 0.5) is 0 Å². The monoisotopic (exact) mass is 968 g/mol. The van der Waals surface area contributed by atoms with Crippen LogP contribution in [0.3, 0.4) is 0 Å². The molecule has 0 N–H and O–H groups in total. The van der Waals surface area contributed by atoms with E-state index in [4.69, 9.17) is 9.97 Å². The lowest BCUT2D eigenvalue weighted by atomic mass is 10.0. The smallest absolute Gasteiger partial charge is 0.160 e. The third-order valence-electron chi connectivity index (χ3n) is 15.5. The molecule has 11 aromatic carbocycles. The normalized spacial score (nSPS) is 11.9. The molecule has 0 unspecified atom stereocenters. The molecule has 0 radical (unpaired) electrons. The fourth-order valence-electron chi connectivity index (χ4n) is 12.3. The van der Waals surface area contributed by atoms with Crippen LogP contribution in [0, 0.1) is 0 Å². The van der Waals surface area contributed by atoms with Crippen molar-refractivity contribution in [3.8, 4) is 56.7 Å². The van der Waals surface area contributed by atoms with Gasteiger partial charge in [-0.25, -0.2) is 9.97 Å². The molecule has 76 heavy (non-hydrogen) atoms. The molecule has 0 bridgehead atoms. The van der Waals surface area contributed by atoms with Crippen molar-refractivity contribution in [3.05, 3.63) is 267 Å². The van der Waals surface area contributed by atoms with E-state index in [1.807, 2.05) is 0 Å². The third-order valence-corrected chi connectivity index (χ3v) is 15.5. The Bertz CT molecular complexity index is 4240. The Morgan fingerprint density at radius 2 is 0.421 bits per heavy atom. The summed E-state index contributed by atoms with van der Waals surface area (Å²) in [6.07, 6.45) is 0. The number of fused-ring (bicyclic) bond motifs is 12. The highest BCUT2D eigenvalue weighted by Crippen LogP contribution is 2.41. The van der Waals surface area contributed by atoms with Gasteiger partial charge in [-0.1, -0.05) is 176 Å². The Hall–Kier alpha value is -10.3. The van der Waals surface area contributed by atoms with Crippen LogP contribution in [0.2, 0.25) is 0 Å². The van der Waals surface area contributed by atoms with Crippen LogP contribution in [0.25, 0.3) is 144 Å². The maximum absolute atomic E-state index is 5.56. The summed E-state index contributed by atoms with van der Waals surface area (Å²) >= 11 is 0. The molecule has 16 rings (SSSR count). The van der Waals surface area contributed by atoms with Crippen LogP contribution in [0.5, 0.6) is 0 Å². The predicted molar refractivity (Wildman–Crippen MR) is 316 cm³/mol. The zero-order chi connectivity index (χ0) is 49.8. The number of aromatic nitrogens is 6. The summed E-state index contributed by atoms with van der Waals surface area (Å²) in [4.78, 5) is 11.1. The van der Waals surface area contributed by atoms with E-state index >= 15 is 0 Å². The molecule has 6 nitrogen and oxygen atoms in total. The Balaban J connectivity index is 1.00. The molecule has 354 valence electrons. The molecule has 0 aliphatic rings. The van der Waals surface area contributed by atoms with Gasteiger partial charge in [0.25, 0.3) is 0 Å². The minimum Gasteiger partial charge on any atom is -0.309 e. The van der Waals surface area contributed by atoms with Crippen molar-refractivity contribution in [2.24, 2.45) is 0 Å². The number of hydrogen-bond acceptors (Lipinski definition) is 2. The average molecular weight is 969 g/mol. The van der Waals surface area contributed by atoms with Gasteiger partial charge in [0.05, 0.1) is 55.5 Å². The van der Waals surface area contributed by atoms with Crippen LogP contribution in [0.1, 0.15) is 0 Å². The first-order valence-corrected chi connectivity index (χ1v) is 25.9. The Kier molecular flexibility index (Phi) is 9.23. The highest BCUT2D eigenvalue weighted by Gasteiger charge is 2.22. The van der Waals surface area contributed by atoms with Gasteiger partial charge in [-0.05, 0) is 91.0 Å². The molecule has 5 aromatic heterocycles. The predicted octanol–water partition coefficient (Wildman–Crippen LogP) is 17.9. The molecule has 0 atom stereocenters. The summed E-state index contributed by atoms with van der Waals surface area (Å²) < 4.78 is 9.66. The molecular formula is C70H44N6. The second-order valence-corrected chi connectivity index (χ2v) is 19.8. The summed E-state index contributed by atoms with van der Waals surface area (Å²) in [6.45, 7) is 0. The van der Waals surface area contributed by atoms with E-state index in [-0.39, 0.29) is 0 Å². The molecule has 0 saturated heterocycles. The van der Waals surface area contributed by atoms with Gasteiger partial charge >= 0.3 is 0 Å². The van der Waals surface area contributed by atoms with Gasteiger partial charge in [0.15, 0.2) is 5.82 Å². The Morgan fingerprint density at radius 3 is 0.671 bits per heavy atom. The lowest BCUT2D eigenvalue weighted by Crippen LogP contribution is -2.03. The zero-order valence-electron chi connectivity index (χ0n) is 41.1. The van der Waals surface area contributed by atoms with Crippen molar-refractivity contribution in [2.75, 3.05) is 0 Å². The van der Waals surface area contributed by atoms with Crippen molar-refractivity contribution in [2.45, 2.75) is 0 Å². The van der Waals surface area contributed by atoms with Crippen LogP contribution in [0.15, 0.2) is 267 Å². The summed E-state index contributed by atoms with van der Waals surface area (Å²) in [5.41, 5.74) is 17.8. The standard InChI is InChI=1S/C70H44N6/c1-2-20-45(21-3-1)70-71-60(46-38-48(73-62-30-12-4-22-52(62)53-23-5-13-31-63(53)73)42-49(39-46)74-64-32-14-6-24-54(64)55-25-7-15-33-65(55)74)44-61(72-70)47-40-50(75-66-34-16-8-26-56(66)57-27-9-17-35-67(57)75)43-51(41-47)76-68-36-18-10-28-58(68)59-29-11-19-37-69(59)76/h1-44H. The van der Waals surface area contributed by atoms with E-state index in [1.165, 1.54) is 43.1 Å². The van der Waals surface area contributed by atoms with Gasteiger partial charge in [-0.3, -0.25) is 0 Å². The topological polar surface area (TPSA) is 45.5 Å². The largest absolute Gasteiger partial charge is 0.309 e. The molecule has 0 fully saturated rings. The SMILES string of the molecule is c1ccc(-c2nc(-c3cc(-n4c5ccccc5c5ccccc54)cc(-n4c5ccccc5c5ccccc54)c3)cc(-c3cc(-n4c5ccccc5c5ccccc54)cc(-n4c5ccccc5c5ccccc54)c3)n2)cc1. The highest BCUT2D eigenvalue weighted by molar-refractivity contribution is 6.13. The number of benzene rings is 11. The maximum Gasteiger partial charge on any atom is 0.160 e. The van der Waals surface area contributed by atoms with Crippen molar-refractivity contribution >= 4 is 87.2 Å². The quantitative estimate of drug-likeness (QED) is 0.160. The van der Waals surface area contributed by atoms with Gasteiger partial charge < -0.3 is 18.3 Å². The van der Waals surface area contributed by atoms with E-state index in [9.17, 15) is 0 Å². The first-order valence-electron chi connectivity index (χ1n) is 25.9. The Labute approximate surface area is 436 Å². The molecule has 0 spiro atoms. The Morgan fingerprint density at radius 1 is 0.197 bits per heavy atom. The first kappa shape index (κ1) is 42.2. The molecule has 16 aromatic rings. The fraction of sp³-hybridized carbons (Fsp3) is 0. The zero-order valence-corrected chi connectivity index (χ0v) is 41.1. The van der Waals surface area contributed by atoms with Crippen LogP contribution in [-0.2, 0) is 0 Å². The fourth-order valence-corrected chi connectivity index (χ4v) is 12.3. The second-order valence-electron chi connectivity index (χ2n) is 19.8. The molecular weight excluding hydrogens is 925 g/mol. The van der Waals surface area contributed by atoms with Crippen LogP contribution >= 0.6 is 0 Å². The van der Waals surface area contributed by atoms with Crippen molar-refractivity contribution < 1.29 is 0 Å². The number of hydrogen-bond donors (Lipinski definition) is 0. The van der Waals surface area contributed by atoms with Crippen molar-refractivity contribution in [1.82, 2.24) is 28.2 Å². The number of nitrogens with zero attached hydrogens (tertiary/aromatic N) is 6. The van der Waals surface area contributed by atoms with E-state index in [2.05, 4.69) is 285 Å². The van der Waals surface area contributed by atoms with Gasteiger partial charge in [0, 0.05) is 82.5 Å². The maximum atomic E-state index is 5.56. The summed E-state index contributed by atoms with van der Waals surface area (Å²) in [6, 6.07) is 96.5. The molecule has 0 amide bonds. The van der Waals surface area contributed by atoms with E-state index in [1.54, 1.807) is 0 Å². The first-order chi connectivity index (χ1) is 37.7. The van der Waals surface area contributed by atoms with E-state index < -0.39 is 0 Å². The van der Waals surface area contributed by atoms with Gasteiger partial charge in [0.1, 0.15) is 0 Å². The minimum absolute atomic E-state index is 0.648. The van der Waals surface area contributed by atoms with Crippen molar-refractivity contribution in [1.29, 1.82) is 0 Å². The molecule has 0 aliphatic heterocycles. The highest BCUT2D eigenvalue weighted by atomic mass is 15.0. The summed E-state index contributed by atoms with van der Waals surface area (Å²) in [7, 11) is 0. The van der Waals surface area contributed by atoms with Crippen LogP contribution < -0.4 is 0 Å². The summed E-state index contributed by atoms with van der Waals surface area (Å²) in [5.74, 6) is 0.648. The lowest BCUT2D eigenvalue weighted by molar-refractivity contribution is 1.12. The lowest BCUT2D eigenvalue weighted by Gasteiger charge is -2.17. The van der Waals surface area contributed by atoms with E-state index in [0.29, 0.717) is 5.82 Å². The average Bonchev–Trinajstić information content (AvgIpc) is 4.28.